The van der Waals surface area contributed by atoms with Crippen molar-refractivity contribution in [2.45, 2.75) is 52.0 Å². The Morgan fingerprint density at radius 3 is 2.55 bits per heavy atom. The molecule has 0 aliphatic heterocycles. The number of primary amides is 1. The molecule has 1 aromatic heterocycles. The first-order chi connectivity index (χ1) is 9.49. The lowest BCUT2D eigenvalue weighted by atomic mass is 10.1. The van der Waals surface area contributed by atoms with Crippen LogP contribution >= 0.6 is 11.3 Å². The summed E-state index contributed by atoms with van der Waals surface area (Å²) in [5.41, 5.74) is 7.05. The predicted molar refractivity (Wildman–Crippen MR) is 81.4 cm³/mol. The van der Waals surface area contributed by atoms with Crippen LogP contribution in [0, 0.1) is 0 Å². The topological polar surface area (TPSA) is 84.2 Å². The van der Waals surface area contributed by atoms with E-state index in [0.717, 1.165) is 31.2 Å². The number of nitrogens with one attached hydrogen (secondary N) is 2. The van der Waals surface area contributed by atoms with Gasteiger partial charge in [-0.2, -0.15) is 0 Å². The predicted octanol–water partition coefficient (Wildman–Crippen LogP) is 2.65. The fourth-order valence-electron chi connectivity index (χ4n) is 2.49. The van der Waals surface area contributed by atoms with Gasteiger partial charge in [0.2, 0.25) is 0 Å². The molecular weight excluding hydrogens is 274 g/mol. The fourth-order valence-corrected chi connectivity index (χ4v) is 3.78. The lowest BCUT2D eigenvalue weighted by Crippen LogP contribution is -2.34. The van der Waals surface area contributed by atoms with Gasteiger partial charge in [0, 0.05) is 10.9 Å². The van der Waals surface area contributed by atoms with Crippen LogP contribution in [0.25, 0.3) is 0 Å². The van der Waals surface area contributed by atoms with Crippen LogP contribution in [0.3, 0.4) is 0 Å². The summed E-state index contributed by atoms with van der Waals surface area (Å²) >= 11 is 1.49. The zero-order valence-corrected chi connectivity index (χ0v) is 12.7. The van der Waals surface area contributed by atoms with Crippen molar-refractivity contribution in [1.29, 1.82) is 0 Å². The van der Waals surface area contributed by atoms with Gasteiger partial charge in [-0.25, -0.2) is 4.79 Å². The zero-order valence-electron chi connectivity index (χ0n) is 11.9. The monoisotopic (exact) mass is 295 g/mol. The van der Waals surface area contributed by atoms with Crippen LogP contribution in [0.1, 0.15) is 53.9 Å². The van der Waals surface area contributed by atoms with E-state index < -0.39 is 5.91 Å². The molecule has 3 amide bonds. The van der Waals surface area contributed by atoms with Crippen molar-refractivity contribution in [1.82, 2.24) is 5.32 Å². The highest BCUT2D eigenvalue weighted by Crippen LogP contribution is 2.37. The number of carbonyl (C=O) groups excluding carboxylic acids is 2. The molecule has 5 nitrogen and oxygen atoms in total. The van der Waals surface area contributed by atoms with Crippen LogP contribution in [0.4, 0.5) is 9.80 Å². The number of aryl methyl sites for hydroxylation is 1. The maximum atomic E-state index is 11.8. The molecule has 0 aromatic carbocycles. The summed E-state index contributed by atoms with van der Waals surface area (Å²) in [5, 5.41) is 6.11. The summed E-state index contributed by atoms with van der Waals surface area (Å²) in [6, 6.07) is -0.247. The van der Waals surface area contributed by atoms with Crippen LogP contribution in [-0.2, 0) is 12.8 Å². The Bertz CT molecular complexity index is 523. The molecule has 0 saturated heterocycles. The molecule has 0 radical (unpaired) electrons. The maximum Gasteiger partial charge on any atom is 0.320 e. The highest BCUT2D eigenvalue weighted by atomic mass is 32.1. The van der Waals surface area contributed by atoms with Crippen LogP contribution in [0.2, 0.25) is 0 Å². The number of hydrogen-bond acceptors (Lipinski definition) is 3. The minimum atomic E-state index is -0.454. The quantitative estimate of drug-likeness (QED) is 0.749. The van der Waals surface area contributed by atoms with Gasteiger partial charge < -0.3 is 11.1 Å². The standard InChI is InChI=1S/C14H21N3O2S/c1-8(2)16-14(19)17-13-11(12(15)18)9-6-4-3-5-7-10(9)20-13/h8H,3-7H2,1-2H3,(H2,15,18)(H2,16,17,19). The SMILES string of the molecule is CC(C)NC(=O)Nc1sc2c(c1C(N)=O)CCCCC2. The number of anilines is 1. The highest BCUT2D eigenvalue weighted by molar-refractivity contribution is 7.17. The third kappa shape index (κ3) is 3.30. The Morgan fingerprint density at radius 2 is 1.90 bits per heavy atom. The molecule has 4 N–H and O–H groups in total. The van der Waals surface area contributed by atoms with Crippen LogP contribution in [0.15, 0.2) is 0 Å². The summed E-state index contributed by atoms with van der Waals surface area (Å²) in [4.78, 5) is 24.7. The van der Waals surface area contributed by atoms with Crippen LogP contribution in [0.5, 0.6) is 0 Å². The molecular formula is C14H21N3O2S. The number of fused-ring (bicyclic) bond motifs is 1. The Labute approximate surface area is 122 Å². The second-order valence-electron chi connectivity index (χ2n) is 5.39. The Balaban J connectivity index is 2.28. The third-order valence-electron chi connectivity index (χ3n) is 3.31. The van der Waals surface area contributed by atoms with Gasteiger partial charge in [0.05, 0.1) is 5.56 Å². The maximum absolute atomic E-state index is 11.8. The fraction of sp³-hybridized carbons (Fsp3) is 0.571. The van der Waals surface area contributed by atoms with E-state index in [1.54, 1.807) is 0 Å². The molecule has 0 spiro atoms. The Hall–Kier alpha value is -1.56. The van der Waals surface area contributed by atoms with E-state index in [0.29, 0.717) is 10.6 Å². The van der Waals surface area contributed by atoms with E-state index >= 15 is 0 Å². The molecule has 0 unspecified atom stereocenters. The summed E-state index contributed by atoms with van der Waals surface area (Å²) < 4.78 is 0. The minimum Gasteiger partial charge on any atom is -0.365 e. The second kappa shape index (κ2) is 6.26. The van der Waals surface area contributed by atoms with Gasteiger partial charge in [-0.05, 0) is 45.1 Å². The molecule has 0 bridgehead atoms. The van der Waals surface area contributed by atoms with E-state index in [1.165, 1.54) is 22.6 Å². The summed E-state index contributed by atoms with van der Waals surface area (Å²) in [5.74, 6) is -0.454. The smallest absolute Gasteiger partial charge is 0.320 e. The van der Waals surface area contributed by atoms with Gasteiger partial charge >= 0.3 is 6.03 Å². The van der Waals surface area contributed by atoms with E-state index in [4.69, 9.17) is 5.73 Å². The molecule has 6 heteroatoms. The molecule has 1 aromatic rings. The summed E-state index contributed by atoms with van der Waals surface area (Å²) in [6.45, 7) is 3.77. The highest BCUT2D eigenvalue weighted by Gasteiger charge is 2.24. The van der Waals surface area contributed by atoms with Gasteiger partial charge in [-0.1, -0.05) is 6.42 Å². The van der Waals surface area contributed by atoms with Crippen molar-refractivity contribution in [2.24, 2.45) is 5.73 Å². The number of amides is 3. The molecule has 1 heterocycles. The van der Waals surface area contributed by atoms with Gasteiger partial charge in [0.1, 0.15) is 5.00 Å². The van der Waals surface area contributed by atoms with Gasteiger partial charge in [-0.15, -0.1) is 11.3 Å². The lowest BCUT2D eigenvalue weighted by Gasteiger charge is -2.10. The average Bonchev–Trinajstić information content (AvgIpc) is 2.51. The molecule has 1 aliphatic rings. The summed E-state index contributed by atoms with van der Waals surface area (Å²) in [6.07, 6.45) is 5.21. The first kappa shape index (κ1) is 14.8. The first-order valence-electron chi connectivity index (χ1n) is 7.01. The average molecular weight is 295 g/mol. The van der Waals surface area contributed by atoms with E-state index in [2.05, 4.69) is 10.6 Å². The van der Waals surface area contributed by atoms with Crippen molar-refractivity contribution in [3.8, 4) is 0 Å². The minimum absolute atomic E-state index is 0.0461. The van der Waals surface area contributed by atoms with Crippen LogP contribution < -0.4 is 16.4 Å². The van der Waals surface area contributed by atoms with Crippen molar-refractivity contribution < 1.29 is 9.59 Å². The number of thiophene rings is 1. The Kier molecular flexibility index (Phi) is 4.65. The molecule has 2 rings (SSSR count). The van der Waals surface area contributed by atoms with Crippen molar-refractivity contribution in [3.05, 3.63) is 16.0 Å². The van der Waals surface area contributed by atoms with Crippen molar-refractivity contribution in [2.75, 3.05) is 5.32 Å². The summed E-state index contributed by atoms with van der Waals surface area (Å²) in [7, 11) is 0. The number of carbonyl (C=O) groups is 2. The van der Waals surface area contributed by atoms with E-state index in [1.807, 2.05) is 13.8 Å². The van der Waals surface area contributed by atoms with E-state index in [9.17, 15) is 9.59 Å². The van der Waals surface area contributed by atoms with Gasteiger partial charge in [0.15, 0.2) is 0 Å². The number of rotatable bonds is 3. The zero-order chi connectivity index (χ0) is 14.7. The molecule has 0 fully saturated rings. The first-order valence-corrected chi connectivity index (χ1v) is 7.82. The van der Waals surface area contributed by atoms with E-state index in [-0.39, 0.29) is 12.1 Å². The Morgan fingerprint density at radius 1 is 1.20 bits per heavy atom. The second-order valence-corrected chi connectivity index (χ2v) is 6.49. The number of urea groups is 1. The molecule has 0 saturated carbocycles. The van der Waals surface area contributed by atoms with Crippen molar-refractivity contribution >= 4 is 28.3 Å². The molecule has 0 atom stereocenters. The lowest BCUT2D eigenvalue weighted by molar-refractivity contribution is 0.100. The molecule has 20 heavy (non-hydrogen) atoms. The molecule has 110 valence electrons. The molecule has 1 aliphatic carbocycles. The largest absolute Gasteiger partial charge is 0.365 e. The van der Waals surface area contributed by atoms with Crippen LogP contribution in [-0.4, -0.2) is 18.0 Å². The van der Waals surface area contributed by atoms with Gasteiger partial charge in [-0.3, -0.25) is 10.1 Å². The number of hydrogen-bond donors (Lipinski definition) is 3. The number of nitrogens with two attached hydrogens (primary N) is 1. The normalized spacial score (nSPS) is 14.6. The van der Waals surface area contributed by atoms with Crippen molar-refractivity contribution in [3.63, 3.8) is 0 Å². The third-order valence-corrected chi connectivity index (χ3v) is 4.52. The van der Waals surface area contributed by atoms with Gasteiger partial charge in [0.25, 0.3) is 5.91 Å².